The average molecular weight is 415 g/mol. The number of ether oxygens (including phenoxy) is 2. The van der Waals surface area contributed by atoms with Crippen molar-refractivity contribution in [1.29, 1.82) is 0 Å². The van der Waals surface area contributed by atoms with Gasteiger partial charge in [-0.15, -0.1) is 0 Å². The van der Waals surface area contributed by atoms with E-state index in [1.165, 1.54) is 12.8 Å². The van der Waals surface area contributed by atoms with E-state index in [9.17, 15) is 4.79 Å². The highest BCUT2D eigenvalue weighted by atomic mass is 16.5. The van der Waals surface area contributed by atoms with E-state index in [2.05, 4.69) is 20.4 Å². The van der Waals surface area contributed by atoms with E-state index in [-0.39, 0.29) is 11.8 Å². The third-order valence-electron chi connectivity index (χ3n) is 6.05. The molecule has 0 unspecified atom stereocenters. The van der Waals surface area contributed by atoms with Gasteiger partial charge in [0, 0.05) is 18.2 Å². The molecule has 4 rings (SSSR count). The van der Waals surface area contributed by atoms with Gasteiger partial charge in [0.05, 0.1) is 26.7 Å². The maximum atomic E-state index is 12.6. The number of carbonyl (C=O) groups excluding carboxylic acids is 1. The van der Waals surface area contributed by atoms with Crippen molar-refractivity contribution in [2.24, 2.45) is 5.92 Å². The number of benzene rings is 1. The molecular weight excluding hydrogens is 384 g/mol. The number of aromatic nitrogens is 2. The van der Waals surface area contributed by atoms with E-state index in [0.717, 1.165) is 44.3 Å². The Morgan fingerprint density at radius 2 is 1.97 bits per heavy atom. The number of amides is 1. The Balaban J connectivity index is 1.36. The van der Waals surface area contributed by atoms with Gasteiger partial charge in [0.1, 0.15) is 0 Å². The van der Waals surface area contributed by atoms with Crippen molar-refractivity contribution in [1.82, 2.24) is 20.4 Å². The molecular formula is C22H30N4O4. The summed E-state index contributed by atoms with van der Waals surface area (Å²) in [5.74, 6) is 2.57. The van der Waals surface area contributed by atoms with Crippen LogP contribution in [-0.2, 0) is 11.3 Å². The number of methoxy groups -OCH3 is 2. The summed E-state index contributed by atoms with van der Waals surface area (Å²) in [5, 5.41) is 7.36. The average Bonchev–Trinajstić information content (AvgIpc) is 3.45. The van der Waals surface area contributed by atoms with Gasteiger partial charge < -0.3 is 19.3 Å². The molecule has 1 amide bonds. The van der Waals surface area contributed by atoms with Crippen molar-refractivity contribution in [3.05, 3.63) is 24.1 Å². The van der Waals surface area contributed by atoms with Crippen LogP contribution in [-0.4, -0.2) is 54.3 Å². The fraction of sp³-hybridized carbons (Fsp3) is 0.591. The second kappa shape index (κ2) is 9.47. The minimum Gasteiger partial charge on any atom is -0.493 e. The molecule has 1 N–H and O–H groups in total. The third-order valence-corrected chi connectivity index (χ3v) is 6.05. The summed E-state index contributed by atoms with van der Waals surface area (Å²) in [6.45, 7) is 2.21. The Morgan fingerprint density at radius 3 is 2.73 bits per heavy atom. The van der Waals surface area contributed by atoms with Gasteiger partial charge >= 0.3 is 0 Å². The molecule has 2 aliphatic rings. The quantitative estimate of drug-likeness (QED) is 0.745. The molecule has 1 saturated carbocycles. The van der Waals surface area contributed by atoms with Gasteiger partial charge in [0.2, 0.25) is 17.6 Å². The molecule has 1 aliphatic carbocycles. The molecule has 2 heterocycles. The maximum Gasteiger partial charge on any atom is 0.241 e. The van der Waals surface area contributed by atoms with Gasteiger partial charge in [-0.3, -0.25) is 9.69 Å². The van der Waals surface area contributed by atoms with Gasteiger partial charge in [0.25, 0.3) is 0 Å². The van der Waals surface area contributed by atoms with E-state index in [1.807, 2.05) is 18.2 Å². The fourth-order valence-corrected chi connectivity index (χ4v) is 4.41. The van der Waals surface area contributed by atoms with Crippen LogP contribution >= 0.6 is 0 Å². The molecule has 0 bridgehead atoms. The highest BCUT2D eigenvalue weighted by Gasteiger charge is 2.29. The van der Waals surface area contributed by atoms with Crippen LogP contribution in [0.4, 0.5) is 0 Å². The van der Waals surface area contributed by atoms with Crippen LogP contribution in [0.5, 0.6) is 11.5 Å². The van der Waals surface area contributed by atoms with Crippen molar-refractivity contribution in [3.8, 4) is 22.9 Å². The van der Waals surface area contributed by atoms with Crippen LogP contribution in [0.1, 0.15) is 44.4 Å². The van der Waals surface area contributed by atoms with Crippen LogP contribution in [0.2, 0.25) is 0 Å². The summed E-state index contributed by atoms with van der Waals surface area (Å²) in [6.07, 6.45) is 6.62. The number of rotatable bonds is 7. The van der Waals surface area contributed by atoms with E-state index in [4.69, 9.17) is 14.0 Å². The first kappa shape index (κ1) is 20.7. The smallest absolute Gasteiger partial charge is 0.241 e. The molecule has 1 aromatic carbocycles. The molecule has 162 valence electrons. The predicted octanol–water partition coefficient (Wildman–Crippen LogP) is 3.02. The second-order valence-electron chi connectivity index (χ2n) is 8.15. The molecule has 1 aliphatic heterocycles. The summed E-state index contributed by atoms with van der Waals surface area (Å²) >= 11 is 0. The Bertz CT molecular complexity index is 863. The number of nitrogens with zero attached hydrogens (tertiary/aromatic N) is 3. The second-order valence-corrected chi connectivity index (χ2v) is 8.15. The fourth-order valence-electron chi connectivity index (χ4n) is 4.41. The zero-order valence-corrected chi connectivity index (χ0v) is 17.7. The summed E-state index contributed by atoms with van der Waals surface area (Å²) in [6, 6.07) is 5.90. The normalized spacial score (nSPS) is 20.3. The number of carbonyl (C=O) groups is 1. The zero-order valence-electron chi connectivity index (χ0n) is 17.7. The van der Waals surface area contributed by atoms with E-state index >= 15 is 0 Å². The molecule has 2 aromatic rings. The summed E-state index contributed by atoms with van der Waals surface area (Å²) < 4.78 is 16.1. The van der Waals surface area contributed by atoms with Gasteiger partial charge in [0.15, 0.2) is 11.5 Å². The maximum absolute atomic E-state index is 12.6. The van der Waals surface area contributed by atoms with E-state index in [1.54, 1.807) is 14.2 Å². The van der Waals surface area contributed by atoms with Crippen LogP contribution in [0.15, 0.2) is 22.7 Å². The first-order valence-corrected chi connectivity index (χ1v) is 10.7. The van der Waals surface area contributed by atoms with Gasteiger partial charge in [-0.1, -0.05) is 18.0 Å². The predicted molar refractivity (Wildman–Crippen MR) is 111 cm³/mol. The van der Waals surface area contributed by atoms with Gasteiger partial charge in [-0.25, -0.2) is 0 Å². The van der Waals surface area contributed by atoms with Crippen molar-refractivity contribution in [3.63, 3.8) is 0 Å². The molecule has 2 fully saturated rings. The van der Waals surface area contributed by atoms with Crippen molar-refractivity contribution in [2.45, 2.75) is 51.1 Å². The van der Waals surface area contributed by atoms with Gasteiger partial charge in [-0.2, -0.15) is 4.98 Å². The number of piperidine rings is 1. The Kier molecular flexibility index (Phi) is 6.52. The Labute approximate surface area is 176 Å². The number of hydrogen-bond acceptors (Lipinski definition) is 7. The lowest BCUT2D eigenvalue weighted by Crippen LogP contribution is -2.45. The highest BCUT2D eigenvalue weighted by Crippen LogP contribution is 2.31. The van der Waals surface area contributed by atoms with Crippen molar-refractivity contribution >= 4 is 5.91 Å². The van der Waals surface area contributed by atoms with Crippen LogP contribution < -0.4 is 14.8 Å². The van der Waals surface area contributed by atoms with Crippen LogP contribution in [0.25, 0.3) is 11.4 Å². The Morgan fingerprint density at radius 1 is 1.17 bits per heavy atom. The van der Waals surface area contributed by atoms with E-state index in [0.29, 0.717) is 35.8 Å². The van der Waals surface area contributed by atoms with E-state index < -0.39 is 0 Å². The SMILES string of the molecule is COc1ccc(-c2noc(CN3CCC[C@H](C(=O)NC4CCCC4)C3)n2)cc1OC. The lowest BCUT2D eigenvalue weighted by atomic mass is 9.96. The highest BCUT2D eigenvalue weighted by molar-refractivity contribution is 5.79. The molecule has 1 atom stereocenters. The molecule has 0 radical (unpaired) electrons. The van der Waals surface area contributed by atoms with Gasteiger partial charge in [-0.05, 0) is 50.4 Å². The first-order valence-electron chi connectivity index (χ1n) is 10.7. The number of nitrogens with one attached hydrogen (secondary N) is 1. The van der Waals surface area contributed by atoms with Crippen molar-refractivity contribution in [2.75, 3.05) is 27.3 Å². The topological polar surface area (TPSA) is 89.7 Å². The first-order chi connectivity index (χ1) is 14.7. The molecule has 0 spiro atoms. The molecule has 30 heavy (non-hydrogen) atoms. The molecule has 8 heteroatoms. The Hall–Kier alpha value is -2.61. The summed E-state index contributed by atoms with van der Waals surface area (Å²) in [4.78, 5) is 19.4. The molecule has 1 saturated heterocycles. The van der Waals surface area contributed by atoms with Crippen LogP contribution in [0.3, 0.4) is 0 Å². The third kappa shape index (κ3) is 4.75. The summed E-state index contributed by atoms with van der Waals surface area (Å²) in [5.41, 5.74) is 0.801. The van der Waals surface area contributed by atoms with Crippen LogP contribution in [0, 0.1) is 5.92 Å². The minimum absolute atomic E-state index is 0.0348. The minimum atomic E-state index is 0.0348. The largest absolute Gasteiger partial charge is 0.493 e. The van der Waals surface area contributed by atoms with Crippen molar-refractivity contribution < 1.29 is 18.8 Å². The molecule has 1 aromatic heterocycles. The monoisotopic (exact) mass is 414 g/mol. The number of likely N-dealkylation sites (tertiary alicyclic amines) is 1. The number of hydrogen-bond donors (Lipinski definition) is 1. The lowest BCUT2D eigenvalue weighted by molar-refractivity contribution is -0.127. The lowest BCUT2D eigenvalue weighted by Gasteiger charge is -2.31. The zero-order chi connectivity index (χ0) is 20.9. The standard InChI is InChI=1S/C22H30N4O4/c1-28-18-10-9-15(12-19(18)29-2)21-24-20(30-25-21)14-26-11-5-6-16(13-26)22(27)23-17-7-3-4-8-17/h9-10,12,16-17H,3-8,11,13-14H2,1-2H3,(H,23,27)/t16-/m0/s1. The molecule has 8 nitrogen and oxygen atoms in total. The summed E-state index contributed by atoms with van der Waals surface area (Å²) in [7, 11) is 3.20.